The van der Waals surface area contributed by atoms with Gasteiger partial charge >= 0.3 is 5.97 Å². The van der Waals surface area contributed by atoms with Gasteiger partial charge in [-0.2, -0.15) is 0 Å². The number of methoxy groups -OCH3 is 1. The molecule has 1 rings (SSSR count). The summed E-state index contributed by atoms with van der Waals surface area (Å²) in [5.41, 5.74) is 0. The third-order valence-corrected chi connectivity index (χ3v) is 2.36. The summed E-state index contributed by atoms with van der Waals surface area (Å²) in [6, 6.07) is 0. The summed E-state index contributed by atoms with van der Waals surface area (Å²) in [5.74, 6) is -0.164. The Labute approximate surface area is 73.0 Å². The van der Waals surface area contributed by atoms with E-state index < -0.39 is 0 Å². The van der Waals surface area contributed by atoms with Crippen LogP contribution < -0.4 is 0 Å². The highest BCUT2D eigenvalue weighted by Gasteiger charge is 2.26. The van der Waals surface area contributed by atoms with Crippen molar-refractivity contribution in [1.29, 1.82) is 0 Å². The van der Waals surface area contributed by atoms with Crippen LogP contribution in [0.1, 0.15) is 26.2 Å². The first-order chi connectivity index (χ1) is 5.77. The van der Waals surface area contributed by atoms with Crippen molar-refractivity contribution in [2.75, 3.05) is 13.7 Å². The molecule has 1 heterocycles. The first-order valence-electron chi connectivity index (χ1n) is 4.47. The summed E-state index contributed by atoms with van der Waals surface area (Å²) in [6.07, 6.45) is 3.28. The summed E-state index contributed by atoms with van der Waals surface area (Å²) in [5, 5.41) is 0. The molecule has 0 bridgehead atoms. The largest absolute Gasteiger partial charge is 0.469 e. The van der Waals surface area contributed by atoms with Crippen molar-refractivity contribution in [1.82, 2.24) is 0 Å². The Morgan fingerprint density at radius 3 is 2.75 bits per heavy atom. The normalized spacial score (nSPS) is 29.8. The average Bonchev–Trinajstić information content (AvgIpc) is 2.17. The highest BCUT2D eigenvalue weighted by molar-refractivity contribution is 5.72. The number of ether oxygens (including phenoxy) is 2. The lowest BCUT2D eigenvalue weighted by atomic mass is 9.97. The van der Waals surface area contributed by atoms with Crippen molar-refractivity contribution in [2.24, 2.45) is 5.92 Å². The Morgan fingerprint density at radius 1 is 1.58 bits per heavy atom. The maximum Gasteiger partial charge on any atom is 0.311 e. The Bertz CT molecular complexity index is 148. The second-order valence-electron chi connectivity index (χ2n) is 3.16. The van der Waals surface area contributed by atoms with E-state index in [1.54, 1.807) is 0 Å². The van der Waals surface area contributed by atoms with Gasteiger partial charge in [-0.15, -0.1) is 0 Å². The second-order valence-corrected chi connectivity index (χ2v) is 3.16. The third-order valence-electron chi connectivity index (χ3n) is 2.36. The van der Waals surface area contributed by atoms with Crippen molar-refractivity contribution in [3.63, 3.8) is 0 Å². The lowest BCUT2D eigenvalue weighted by molar-refractivity contribution is -0.152. The predicted octanol–water partition coefficient (Wildman–Crippen LogP) is 1.36. The molecule has 1 aliphatic rings. The first kappa shape index (κ1) is 9.52. The molecule has 0 aliphatic carbocycles. The zero-order valence-electron chi connectivity index (χ0n) is 7.71. The predicted molar refractivity (Wildman–Crippen MR) is 44.8 cm³/mol. The Morgan fingerprint density at radius 2 is 2.33 bits per heavy atom. The second kappa shape index (κ2) is 4.45. The van der Waals surface area contributed by atoms with E-state index >= 15 is 0 Å². The van der Waals surface area contributed by atoms with Gasteiger partial charge in [0.2, 0.25) is 0 Å². The summed E-state index contributed by atoms with van der Waals surface area (Å²) in [7, 11) is 1.42. The molecule has 0 saturated carbocycles. The standard InChI is InChI=1S/C9H16O3/c1-3-8-5-4-7(6-12-8)9(10)11-2/h7-8H,3-6H2,1-2H3. The molecular weight excluding hydrogens is 156 g/mol. The van der Waals surface area contributed by atoms with Crippen LogP contribution >= 0.6 is 0 Å². The highest BCUT2D eigenvalue weighted by Crippen LogP contribution is 2.21. The molecule has 2 unspecified atom stereocenters. The molecule has 0 spiro atoms. The molecule has 0 N–H and O–H groups in total. The highest BCUT2D eigenvalue weighted by atomic mass is 16.5. The number of esters is 1. The fraction of sp³-hybridized carbons (Fsp3) is 0.889. The topological polar surface area (TPSA) is 35.5 Å². The SMILES string of the molecule is CCC1CCC(C(=O)OC)CO1. The molecule has 3 nitrogen and oxygen atoms in total. The van der Waals surface area contributed by atoms with E-state index in [9.17, 15) is 4.79 Å². The Hall–Kier alpha value is -0.570. The molecule has 0 radical (unpaired) electrons. The number of carbonyl (C=O) groups is 1. The Balaban J connectivity index is 2.30. The van der Waals surface area contributed by atoms with Crippen LogP contribution in [0.3, 0.4) is 0 Å². The van der Waals surface area contributed by atoms with Crippen LogP contribution in [0.5, 0.6) is 0 Å². The Kier molecular flexibility index (Phi) is 3.53. The summed E-state index contributed by atoms with van der Waals surface area (Å²) in [4.78, 5) is 11.1. The lowest BCUT2D eigenvalue weighted by Gasteiger charge is -2.26. The van der Waals surface area contributed by atoms with Crippen LogP contribution in [-0.2, 0) is 14.3 Å². The zero-order valence-corrected chi connectivity index (χ0v) is 7.71. The first-order valence-corrected chi connectivity index (χ1v) is 4.47. The van der Waals surface area contributed by atoms with Crippen molar-refractivity contribution in [3.05, 3.63) is 0 Å². The number of carbonyl (C=O) groups excluding carboxylic acids is 1. The molecule has 0 aromatic rings. The van der Waals surface area contributed by atoms with Crippen LogP contribution in [0, 0.1) is 5.92 Å². The van der Waals surface area contributed by atoms with Crippen LogP contribution in [-0.4, -0.2) is 25.8 Å². The molecule has 12 heavy (non-hydrogen) atoms. The van der Waals surface area contributed by atoms with Gasteiger partial charge in [0.1, 0.15) is 0 Å². The maximum absolute atomic E-state index is 11.1. The van der Waals surface area contributed by atoms with Crippen LogP contribution in [0.2, 0.25) is 0 Å². The van der Waals surface area contributed by atoms with Crippen molar-refractivity contribution in [2.45, 2.75) is 32.3 Å². The van der Waals surface area contributed by atoms with Gasteiger partial charge in [-0.1, -0.05) is 6.92 Å². The smallest absolute Gasteiger partial charge is 0.311 e. The average molecular weight is 172 g/mol. The minimum atomic E-state index is -0.135. The number of hydrogen-bond acceptors (Lipinski definition) is 3. The van der Waals surface area contributed by atoms with E-state index in [2.05, 4.69) is 11.7 Å². The van der Waals surface area contributed by atoms with Crippen molar-refractivity contribution < 1.29 is 14.3 Å². The minimum Gasteiger partial charge on any atom is -0.469 e. The monoisotopic (exact) mass is 172 g/mol. The van der Waals surface area contributed by atoms with Crippen LogP contribution in [0.25, 0.3) is 0 Å². The summed E-state index contributed by atoms with van der Waals surface area (Å²) in [6.45, 7) is 2.63. The molecule has 70 valence electrons. The van der Waals surface area contributed by atoms with E-state index in [-0.39, 0.29) is 11.9 Å². The van der Waals surface area contributed by atoms with Crippen LogP contribution in [0.15, 0.2) is 0 Å². The summed E-state index contributed by atoms with van der Waals surface area (Å²) >= 11 is 0. The van der Waals surface area contributed by atoms with E-state index in [4.69, 9.17) is 4.74 Å². The quantitative estimate of drug-likeness (QED) is 0.590. The molecule has 3 heteroatoms. The number of rotatable bonds is 2. The van der Waals surface area contributed by atoms with Gasteiger partial charge in [0, 0.05) is 0 Å². The van der Waals surface area contributed by atoms with Gasteiger partial charge in [-0.05, 0) is 19.3 Å². The molecule has 2 atom stereocenters. The van der Waals surface area contributed by atoms with Gasteiger partial charge in [-0.3, -0.25) is 4.79 Å². The molecular formula is C9H16O3. The fourth-order valence-corrected chi connectivity index (χ4v) is 1.48. The van der Waals surface area contributed by atoms with Gasteiger partial charge in [0.15, 0.2) is 0 Å². The van der Waals surface area contributed by atoms with Crippen molar-refractivity contribution >= 4 is 5.97 Å². The van der Waals surface area contributed by atoms with Gasteiger partial charge in [-0.25, -0.2) is 0 Å². The number of hydrogen-bond donors (Lipinski definition) is 0. The summed E-state index contributed by atoms with van der Waals surface area (Å²) < 4.78 is 10.1. The molecule has 0 aromatic carbocycles. The van der Waals surface area contributed by atoms with Crippen molar-refractivity contribution in [3.8, 4) is 0 Å². The van der Waals surface area contributed by atoms with Gasteiger partial charge in [0.05, 0.1) is 25.7 Å². The fourth-order valence-electron chi connectivity index (χ4n) is 1.48. The maximum atomic E-state index is 11.1. The van der Waals surface area contributed by atoms with E-state index in [0.717, 1.165) is 19.3 Å². The van der Waals surface area contributed by atoms with Gasteiger partial charge in [0.25, 0.3) is 0 Å². The lowest BCUT2D eigenvalue weighted by Crippen LogP contribution is -2.30. The molecule has 1 saturated heterocycles. The third kappa shape index (κ3) is 2.21. The van der Waals surface area contributed by atoms with E-state index in [1.807, 2.05) is 0 Å². The molecule has 0 amide bonds. The molecule has 0 aromatic heterocycles. The molecule has 1 aliphatic heterocycles. The zero-order chi connectivity index (χ0) is 8.97. The van der Waals surface area contributed by atoms with E-state index in [0.29, 0.717) is 12.7 Å². The molecule has 1 fully saturated rings. The van der Waals surface area contributed by atoms with Gasteiger partial charge < -0.3 is 9.47 Å². The van der Waals surface area contributed by atoms with E-state index in [1.165, 1.54) is 7.11 Å². The minimum absolute atomic E-state index is 0.0298. The van der Waals surface area contributed by atoms with Crippen LogP contribution in [0.4, 0.5) is 0 Å².